The molecule has 7 heteroatoms. The fourth-order valence-corrected chi connectivity index (χ4v) is 5.02. The average molecular weight is 439 g/mol. The summed E-state index contributed by atoms with van der Waals surface area (Å²) < 4.78 is 14.3. The van der Waals surface area contributed by atoms with Crippen molar-refractivity contribution >= 4 is 11.6 Å². The Morgan fingerprint density at radius 2 is 1.90 bits per heavy atom. The lowest BCUT2D eigenvalue weighted by Gasteiger charge is -2.28. The summed E-state index contributed by atoms with van der Waals surface area (Å²) in [6, 6.07) is 11.9. The first-order valence-corrected chi connectivity index (χ1v) is 11.5. The minimum Gasteiger partial charge on any atom is -0.474 e. The molecule has 1 unspecified atom stereocenters. The Balaban J connectivity index is 1.39. The number of hydrogen-bond donors (Lipinski definition) is 0. The highest BCUT2D eigenvalue weighted by molar-refractivity contribution is 6.30. The largest absolute Gasteiger partial charge is 0.474 e. The quantitative estimate of drug-likeness (QED) is 0.565. The van der Waals surface area contributed by atoms with Gasteiger partial charge in [-0.05, 0) is 62.4 Å². The van der Waals surface area contributed by atoms with E-state index in [4.69, 9.17) is 21.1 Å². The summed E-state index contributed by atoms with van der Waals surface area (Å²) in [5.41, 5.74) is 2.33. The lowest BCUT2D eigenvalue weighted by Crippen LogP contribution is -2.25. The molecule has 3 heterocycles. The molecular formula is C24H27ClN4O2. The van der Waals surface area contributed by atoms with Crippen LogP contribution in [0.5, 0.6) is 5.88 Å². The molecule has 2 aliphatic rings. The van der Waals surface area contributed by atoms with E-state index >= 15 is 0 Å². The maximum absolute atomic E-state index is 6.33. The number of halogens is 1. The van der Waals surface area contributed by atoms with Gasteiger partial charge in [0.15, 0.2) is 0 Å². The molecule has 0 bridgehead atoms. The summed E-state index contributed by atoms with van der Waals surface area (Å²) in [4.78, 5) is 4.29. The normalized spacial score (nSPS) is 23.0. The van der Waals surface area contributed by atoms with Gasteiger partial charge in [-0.2, -0.15) is 0 Å². The van der Waals surface area contributed by atoms with Gasteiger partial charge < -0.3 is 9.47 Å². The van der Waals surface area contributed by atoms with Crippen molar-refractivity contribution < 1.29 is 9.47 Å². The molecule has 1 saturated carbocycles. The van der Waals surface area contributed by atoms with E-state index in [2.05, 4.69) is 31.9 Å². The number of ether oxygens (including phenoxy) is 2. The van der Waals surface area contributed by atoms with Crippen LogP contribution in [-0.2, 0) is 17.6 Å². The van der Waals surface area contributed by atoms with Gasteiger partial charge in [-0.15, -0.1) is 10.2 Å². The van der Waals surface area contributed by atoms with E-state index in [1.165, 1.54) is 5.56 Å². The fraction of sp³-hybridized carbons (Fsp3) is 0.458. The van der Waals surface area contributed by atoms with Crippen molar-refractivity contribution in [1.29, 1.82) is 0 Å². The average Bonchev–Trinajstić information content (AvgIpc) is 3.12. The Morgan fingerprint density at radius 1 is 1.03 bits per heavy atom. The molecule has 0 N–H and O–H groups in total. The van der Waals surface area contributed by atoms with E-state index < -0.39 is 0 Å². The summed E-state index contributed by atoms with van der Waals surface area (Å²) in [5.74, 6) is 3.08. The molecule has 0 radical (unpaired) electrons. The van der Waals surface area contributed by atoms with Crippen molar-refractivity contribution in [2.75, 3.05) is 6.61 Å². The molecule has 2 aromatic heterocycles. The van der Waals surface area contributed by atoms with E-state index in [9.17, 15) is 0 Å². The highest BCUT2D eigenvalue weighted by Gasteiger charge is 2.31. The van der Waals surface area contributed by atoms with Crippen LogP contribution in [-0.4, -0.2) is 38.6 Å². The van der Waals surface area contributed by atoms with Gasteiger partial charge in [0, 0.05) is 42.7 Å². The van der Waals surface area contributed by atoms with Crippen molar-refractivity contribution in [3.8, 4) is 11.6 Å². The van der Waals surface area contributed by atoms with Gasteiger partial charge in [-0.1, -0.05) is 17.7 Å². The Kier molecular flexibility index (Phi) is 5.92. The zero-order valence-electron chi connectivity index (χ0n) is 17.7. The van der Waals surface area contributed by atoms with Gasteiger partial charge in [-0.3, -0.25) is 4.57 Å². The highest BCUT2D eigenvalue weighted by Crippen LogP contribution is 2.37. The molecule has 31 heavy (non-hydrogen) atoms. The van der Waals surface area contributed by atoms with Crippen molar-refractivity contribution in [3.63, 3.8) is 0 Å². The smallest absolute Gasteiger partial charge is 0.213 e. The molecule has 1 fully saturated rings. The lowest BCUT2D eigenvalue weighted by molar-refractivity contribution is 0.0630. The molecule has 1 atom stereocenters. The van der Waals surface area contributed by atoms with Gasteiger partial charge in [0.2, 0.25) is 5.88 Å². The third-order valence-corrected chi connectivity index (χ3v) is 6.50. The standard InChI is InChI=1S/C24H27ClN4O2/c1-2-30-20-14-17-13-18(25)8-11-21(17)29-22(15-20)27-28-24(29)16-6-9-19(10-7-16)31-23-5-3-4-12-26-23/h3-5,8,11-13,16,19-20H,2,6-7,9-10,14-15H2,1H3/t16-,19-,20?. The topological polar surface area (TPSA) is 62.1 Å². The van der Waals surface area contributed by atoms with E-state index in [1.54, 1.807) is 6.20 Å². The van der Waals surface area contributed by atoms with Crippen LogP contribution in [0.4, 0.5) is 0 Å². The molecule has 162 valence electrons. The molecule has 1 aromatic carbocycles. The summed E-state index contributed by atoms with van der Waals surface area (Å²) in [6.07, 6.45) is 7.65. The first-order chi connectivity index (χ1) is 15.2. The second kappa shape index (κ2) is 8.97. The predicted molar refractivity (Wildman–Crippen MR) is 119 cm³/mol. The zero-order chi connectivity index (χ0) is 21.2. The summed E-state index contributed by atoms with van der Waals surface area (Å²) in [5, 5.41) is 10.00. The first kappa shape index (κ1) is 20.5. The number of benzene rings is 1. The van der Waals surface area contributed by atoms with Crippen LogP contribution in [0, 0.1) is 0 Å². The van der Waals surface area contributed by atoms with E-state index in [0.29, 0.717) is 18.4 Å². The minimum atomic E-state index is 0.0861. The first-order valence-electron chi connectivity index (χ1n) is 11.1. The molecule has 0 amide bonds. The monoisotopic (exact) mass is 438 g/mol. The molecule has 0 spiro atoms. The van der Waals surface area contributed by atoms with Crippen LogP contribution >= 0.6 is 11.6 Å². The number of rotatable bonds is 5. The molecular weight excluding hydrogens is 412 g/mol. The van der Waals surface area contributed by atoms with Crippen LogP contribution < -0.4 is 4.74 Å². The summed E-state index contributed by atoms with van der Waals surface area (Å²) in [6.45, 7) is 2.72. The second-order valence-corrected chi connectivity index (χ2v) is 8.76. The van der Waals surface area contributed by atoms with Gasteiger partial charge >= 0.3 is 0 Å². The maximum Gasteiger partial charge on any atom is 0.213 e. The number of fused-ring (bicyclic) bond motifs is 3. The SMILES string of the molecule is CCOC1Cc2cc(Cl)ccc2-n2c(nnc2[C@H]2CC[C@H](Oc3ccccn3)CC2)C1. The molecule has 5 rings (SSSR count). The van der Waals surface area contributed by atoms with Gasteiger partial charge in [0.05, 0.1) is 11.8 Å². The maximum atomic E-state index is 6.33. The Labute approximate surface area is 187 Å². The van der Waals surface area contributed by atoms with Crippen LogP contribution in [0.2, 0.25) is 5.02 Å². The Morgan fingerprint density at radius 3 is 2.68 bits per heavy atom. The Bertz CT molecular complexity index is 1030. The van der Waals surface area contributed by atoms with E-state index in [-0.39, 0.29) is 12.2 Å². The van der Waals surface area contributed by atoms with Gasteiger partial charge in [-0.25, -0.2) is 4.98 Å². The summed E-state index contributed by atoms with van der Waals surface area (Å²) >= 11 is 6.33. The van der Waals surface area contributed by atoms with Gasteiger partial charge in [0.1, 0.15) is 17.8 Å². The molecule has 6 nitrogen and oxygen atoms in total. The highest BCUT2D eigenvalue weighted by atomic mass is 35.5. The van der Waals surface area contributed by atoms with E-state index in [0.717, 1.165) is 60.9 Å². The number of hydrogen-bond acceptors (Lipinski definition) is 5. The van der Waals surface area contributed by atoms with Gasteiger partial charge in [0.25, 0.3) is 0 Å². The van der Waals surface area contributed by atoms with E-state index in [1.807, 2.05) is 31.2 Å². The number of nitrogens with zero attached hydrogens (tertiary/aromatic N) is 4. The lowest BCUT2D eigenvalue weighted by atomic mass is 9.86. The summed E-state index contributed by atoms with van der Waals surface area (Å²) in [7, 11) is 0. The van der Waals surface area contributed by atoms with Crippen molar-refractivity contribution in [1.82, 2.24) is 19.7 Å². The molecule has 3 aromatic rings. The third-order valence-electron chi connectivity index (χ3n) is 6.26. The zero-order valence-corrected chi connectivity index (χ0v) is 18.5. The fourth-order valence-electron chi connectivity index (χ4n) is 4.83. The van der Waals surface area contributed by atoms with Crippen LogP contribution in [0.25, 0.3) is 5.69 Å². The van der Waals surface area contributed by atoms with Crippen LogP contribution in [0.1, 0.15) is 55.7 Å². The predicted octanol–water partition coefficient (Wildman–Crippen LogP) is 4.92. The van der Waals surface area contributed by atoms with Crippen LogP contribution in [0.15, 0.2) is 42.6 Å². The van der Waals surface area contributed by atoms with Crippen molar-refractivity contribution in [3.05, 3.63) is 64.8 Å². The van der Waals surface area contributed by atoms with Crippen molar-refractivity contribution in [2.24, 2.45) is 0 Å². The Hall–Kier alpha value is -2.44. The third kappa shape index (κ3) is 4.32. The molecule has 1 aliphatic carbocycles. The minimum absolute atomic E-state index is 0.0861. The molecule has 0 saturated heterocycles. The second-order valence-electron chi connectivity index (χ2n) is 8.33. The van der Waals surface area contributed by atoms with Crippen LogP contribution in [0.3, 0.4) is 0 Å². The number of aromatic nitrogens is 4. The van der Waals surface area contributed by atoms with Crippen molar-refractivity contribution in [2.45, 2.75) is 63.6 Å². The molecule has 1 aliphatic heterocycles. The number of pyridine rings is 1.